The molecular weight excluding hydrogens is 554 g/mol. The van der Waals surface area contributed by atoms with Gasteiger partial charge in [0.1, 0.15) is 23.0 Å². The summed E-state index contributed by atoms with van der Waals surface area (Å²) in [5, 5.41) is 4.59. The quantitative estimate of drug-likeness (QED) is 0.364. The van der Waals surface area contributed by atoms with E-state index in [1.165, 1.54) is 0 Å². The maximum absolute atomic E-state index is 14.1. The summed E-state index contributed by atoms with van der Waals surface area (Å²) < 4.78 is 18.8. The fraction of sp³-hybridized carbons (Fsp3) is 0.515. The number of para-hydroxylation sites is 1. The number of halogens is 1. The highest BCUT2D eigenvalue weighted by atomic mass is 35.5. The van der Waals surface area contributed by atoms with Crippen molar-refractivity contribution in [1.82, 2.24) is 15.2 Å². The van der Waals surface area contributed by atoms with Gasteiger partial charge in [0.25, 0.3) is 0 Å². The summed E-state index contributed by atoms with van der Waals surface area (Å²) in [6, 6.07) is 12.9. The van der Waals surface area contributed by atoms with Crippen LogP contribution in [0, 0.1) is 11.8 Å². The van der Waals surface area contributed by atoms with Gasteiger partial charge < -0.3 is 29.4 Å². The molecule has 2 amide bonds. The van der Waals surface area contributed by atoms with Crippen molar-refractivity contribution in [2.24, 2.45) is 11.8 Å². The van der Waals surface area contributed by atoms with Gasteiger partial charge in [0, 0.05) is 59.0 Å². The Morgan fingerprint density at radius 3 is 2.79 bits per heavy atom. The number of hydrogen-bond donors (Lipinski definition) is 2. The minimum atomic E-state index is -0.767. The van der Waals surface area contributed by atoms with Gasteiger partial charge in [0.2, 0.25) is 5.91 Å². The van der Waals surface area contributed by atoms with Crippen LogP contribution in [-0.2, 0) is 20.7 Å². The molecule has 3 aliphatic heterocycles. The number of benzene rings is 2. The molecule has 4 heterocycles. The second kappa shape index (κ2) is 10.8. The van der Waals surface area contributed by atoms with Crippen LogP contribution in [0.3, 0.4) is 0 Å². The molecule has 0 saturated carbocycles. The fourth-order valence-corrected chi connectivity index (χ4v) is 7.05. The van der Waals surface area contributed by atoms with E-state index >= 15 is 0 Å². The van der Waals surface area contributed by atoms with Crippen molar-refractivity contribution in [2.75, 3.05) is 13.1 Å². The number of aromatic amines is 1. The summed E-state index contributed by atoms with van der Waals surface area (Å²) >= 11 is 6.36. The molecule has 0 aliphatic carbocycles. The van der Waals surface area contributed by atoms with E-state index in [1.54, 1.807) is 0 Å². The first kappa shape index (κ1) is 28.9. The highest BCUT2D eigenvalue weighted by molar-refractivity contribution is 6.30. The van der Waals surface area contributed by atoms with E-state index in [-0.39, 0.29) is 30.0 Å². The lowest BCUT2D eigenvalue weighted by molar-refractivity contribution is -0.189. The first-order valence-corrected chi connectivity index (χ1v) is 15.2. The number of likely N-dealkylation sites (tertiary alicyclic amines) is 1. The second-order valence-corrected chi connectivity index (χ2v) is 13.9. The molecule has 0 bridgehead atoms. The number of carbonyl (C=O) groups excluding carboxylic acids is 2. The van der Waals surface area contributed by atoms with Crippen molar-refractivity contribution in [2.45, 2.75) is 83.3 Å². The molecule has 6 rings (SSSR count). The third kappa shape index (κ3) is 5.71. The number of amides is 2. The molecule has 5 atom stereocenters. The SMILES string of the molecule is CC(C)(C)OC(=O)N[C@@H](Cc1c[nH]c2ccccc12)C(=O)N1CC[C@@H]2O[C@@H]3c4cc(Cl)ccc4OC(C)(C)[C@H]3C[C@@H]2C1. The molecule has 2 aromatic carbocycles. The van der Waals surface area contributed by atoms with Crippen LogP contribution >= 0.6 is 11.6 Å². The van der Waals surface area contributed by atoms with E-state index in [1.807, 2.05) is 74.3 Å². The summed E-state index contributed by atoms with van der Waals surface area (Å²) in [5.41, 5.74) is 1.86. The topological polar surface area (TPSA) is 92.9 Å². The second-order valence-electron chi connectivity index (χ2n) is 13.4. The lowest BCUT2D eigenvalue weighted by Crippen LogP contribution is -2.58. The molecule has 1 aromatic heterocycles. The number of aromatic nitrogens is 1. The highest BCUT2D eigenvalue weighted by Gasteiger charge is 2.52. The Bertz CT molecular complexity index is 1490. The summed E-state index contributed by atoms with van der Waals surface area (Å²) in [7, 11) is 0. The predicted molar refractivity (Wildman–Crippen MR) is 162 cm³/mol. The van der Waals surface area contributed by atoms with Crippen molar-refractivity contribution in [1.29, 1.82) is 0 Å². The van der Waals surface area contributed by atoms with Crippen molar-refractivity contribution < 1.29 is 23.8 Å². The number of rotatable bonds is 4. The first-order chi connectivity index (χ1) is 19.9. The van der Waals surface area contributed by atoms with Gasteiger partial charge in [0.15, 0.2) is 0 Å². The predicted octanol–water partition coefficient (Wildman–Crippen LogP) is 6.42. The third-order valence-corrected chi connectivity index (χ3v) is 9.09. The summed E-state index contributed by atoms with van der Waals surface area (Å²) in [6.45, 7) is 10.8. The largest absolute Gasteiger partial charge is 0.487 e. The van der Waals surface area contributed by atoms with Crippen molar-refractivity contribution >= 4 is 34.5 Å². The van der Waals surface area contributed by atoms with Crippen LogP contribution in [0.15, 0.2) is 48.7 Å². The van der Waals surface area contributed by atoms with Gasteiger partial charge in [-0.05, 0) is 77.3 Å². The Morgan fingerprint density at radius 1 is 1.21 bits per heavy atom. The van der Waals surface area contributed by atoms with Gasteiger partial charge in [-0.25, -0.2) is 4.79 Å². The Labute approximate surface area is 252 Å². The van der Waals surface area contributed by atoms with Gasteiger partial charge in [-0.1, -0.05) is 29.8 Å². The Morgan fingerprint density at radius 2 is 2.00 bits per heavy atom. The monoisotopic (exact) mass is 593 g/mol. The van der Waals surface area contributed by atoms with Crippen LogP contribution in [0.4, 0.5) is 4.79 Å². The summed E-state index contributed by atoms with van der Waals surface area (Å²) in [4.78, 5) is 32.2. The van der Waals surface area contributed by atoms with Crippen LogP contribution in [0.1, 0.15) is 64.7 Å². The number of H-pyrrole nitrogens is 1. The van der Waals surface area contributed by atoms with Crippen molar-refractivity contribution in [3.63, 3.8) is 0 Å². The maximum Gasteiger partial charge on any atom is 0.408 e. The average molecular weight is 594 g/mol. The number of piperidine rings is 1. The molecule has 0 spiro atoms. The summed E-state index contributed by atoms with van der Waals surface area (Å²) in [6.07, 6.45) is 3.19. The van der Waals surface area contributed by atoms with E-state index in [9.17, 15) is 9.59 Å². The lowest BCUT2D eigenvalue weighted by Gasteiger charge is -2.53. The molecule has 9 heteroatoms. The lowest BCUT2D eigenvalue weighted by atomic mass is 9.70. The zero-order valence-corrected chi connectivity index (χ0v) is 25.7. The van der Waals surface area contributed by atoms with E-state index < -0.39 is 23.3 Å². The van der Waals surface area contributed by atoms with E-state index in [4.69, 9.17) is 25.8 Å². The number of ether oxygens (including phenoxy) is 3. The van der Waals surface area contributed by atoms with Crippen LogP contribution in [0.2, 0.25) is 5.02 Å². The van der Waals surface area contributed by atoms with Crippen LogP contribution in [0.25, 0.3) is 10.9 Å². The number of nitrogens with zero attached hydrogens (tertiary/aromatic N) is 1. The normalized spacial score (nSPS) is 25.4. The van der Waals surface area contributed by atoms with Crippen molar-refractivity contribution in [3.05, 3.63) is 64.8 Å². The van der Waals surface area contributed by atoms with Gasteiger partial charge in [-0.2, -0.15) is 0 Å². The number of carbonyl (C=O) groups is 2. The minimum Gasteiger partial charge on any atom is -0.487 e. The molecule has 2 fully saturated rings. The average Bonchev–Trinajstić information content (AvgIpc) is 3.33. The molecular formula is C33H40ClN3O5. The highest BCUT2D eigenvalue weighted by Crippen LogP contribution is 2.53. The molecule has 2 N–H and O–H groups in total. The molecule has 8 nitrogen and oxygen atoms in total. The van der Waals surface area contributed by atoms with Gasteiger partial charge in [0.05, 0.1) is 12.2 Å². The molecule has 3 aliphatic rings. The van der Waals surface area contributed by atoms with E-state index in [0.29, 0.717) is 24.5 Å². The van der Waals surface area contributed by atoms with E-state index in [0.717, 1.165) is 40.6 Å². The van der Waals surface area contributed by atoms with Gasteiger partial charge in [-0.3, -0.25) is 4.79 Å². The molecule has 3 aromatic rings. The Hall–Kier alpha value is -3.23. The van der Waals surface area contributed by atoms with Crippen LogP contribution in [0.5, 0.6) is 5.75 Å². The van der Waals surface area contributed by atoms with Crippen LogP contribution in [-0.4, -0.2) is 58.3 Å². The number of fused-ring (bicyclic) bond motifs is 5. The number of nitrogens with one attached hydrogen (secondary N) is 2. The van der Waals surface area contributed by atoms with Crippen LogP contribution < -0.4 is 10.1 Å². The standard InChI is InChI=1S/C33H40ClN3O5/c1-32(2,3)42-31(39)36-26(15-19-17-35-25-9-7-6-8-22(19)25)30(38)37-13-12-27-20(18-37)14-24-29(40-27)23-16-21(34)10-11-28(23)41-33(24,4)5/h6-11,16-17,20,24,26-27,29,35H,12-15,18H2,1-5H3,(H,36,39)/t20-,24+,26+,27+,29-/m1/s1. The Kier molecular flexibility index (Phi) is 7.42. The number of hydrogen-bond acceptors (Lipinski definition) is 5. The molecule has 42 heavy (non-hydrogen) atoms. The first-order valence-electron chi connectivity index (χ1n) is 14.9. The van der Waals surface area contributed by atoms with Gasteiger partial charge >= 0.3 is 6.09 Å². The molecule has 0 radical (unpaired) electrons. The zero-order chi connectivity index (χ0) is 29.8. The third-order valence-electron chi connectivity index (χ3n) is 8.85. The maximum atomic E-state index is 14.1. The smallest absolute Gasteiger partial charge is 0.408 e. The van der Waals surface area contributed by atoms with E-state index in [2.05, 4.69) is 24.1 Å². The molecule has 2 saturated heterocycles. The minimum absolute atomic E-state index is 0.0296. The summed E-state index contributed by atoms with van der Waals surface area (Å²) in [5.74, 6) is 0.984. The Balaban J connectivity index is 1.21. The molecule has 0 unspecified atom stereocenters. The fourth-order valence-electron chi connectivity index (χ4n) is 6.87. The van der Waals surface area contributed by atoms with Crippen molar-refractivity contribution in [3.8, 4) is 5.75 Å². The number of alkyl carbamates (subject to hydrolysis) is 1. The zero-order valence-electron chi connectivity index (χ0n) is 24.9. The molecule has 224 valence electrons. The van der Waals surface area contributed by atoms with Gasteiger partial charge in [-0.15, -0.1) is 0 Å².